The van der Waals surface area contributed by atoms with E-state index in [-0.39, 0.29) is 17.5 Å². The third kappa shape index (κ3) is 3.21. The molecule has 0 aliphatic carbocycles. The number of phenolic OH excluding ortho intramolecular Hbond substituents is 1. The van der Waals surface area contributed by atoms with E-state index in [2.05, 4.69) is 15.3 Å². The molecule has 2 heterocycles. The summed E-state index contributed by atoms with van der Waals surface area (Å²) in [5.41, 5.74) is 8.39. The Bertz CT molecular complexity index is 950. The minimum absolute atomic E-state index is 0.0598. The molecule has 0 saturated heterocycles. The number of anilines is 1. The highest BCUT2D eigenvalue weighted by atomic mass is 16.3. The number of carbonyl (C=O) groups is 1. The van der Waals surface area contributed by atoms with Gasteiger partial charge >= 0.3 is 0 Å². The van der Waals surface area contributed by atoms with Crippen molar-refractivity contribution < 1.29 is 9.90 Å². The van der Waals surface area contributed by atoms with Gasteiger partial charge in [0.2, 0.25) is 5.91 Å². The van der Waals surface area contributed by atoms with E-state index in [1.54, 1.807) is 68.4 Å². The van der Waals surface area contributed by atoms with E-state index in [4.69, 9.17) is 5.73 Å². The summed E-state index contributed by atoms with van der Waals surface area (Å²) in [5.74, 6) is 0.295. The highest BCUT2D eigenvalue weighted by molar-refractivity contribution is 5.81. The summed E-state index contributed by atoms with van der Waals surface area (Å²) in [6.45, 7) is 1.78. The molecule has 0 aliphatic rings. The van der Waals surface area contributed by atoms with Crippen LogP contribution in [0.1, 0.15) is 13.0 Å². The number of nitrogen functional groups attached to an aromatic ring is 1. The molecule has 1 atom stereocenters. The van der Waals surface area contributed by atoms with Gasteiger partial charge in [0.15, 0.2) is 5.82 Å². The van der Waals surface area contributed by atoms with Crippen molar-refractivity contribution in [2.75, 3.05) is 19.8 Å². The van der Waals surface area contributed by atoms with Crippen LogP contribution >= 0.6 is 0 Å². The van der Waals surface area contributed by atoms with Crippen LogP contribution in [0.25, 0.3) is 22.4 Å². The quantitative estimate of drug-likeness (QED) is 0.742. The molecule has 3 aromatic rings. The molecule has 0 fully saturated rings. The normalized spacial score (nSPS) is 12.0. The third-order valence-corrected chi connectivity index (χ3v) is 4.11. The van der Waals surface area contributed by atoms with Crippen molar-refractivity contribution >= 4 is 11.7 Å². The molecule has 8 nitrogen and oxygen atoms in total. The fourth-order valence-corrected chi connectivity index (χ4v) is 2.63. The maximum atomic E-state index is 12.1. The number of para-hydroxylation sites is 1. The second-order valence-electron chi connectivity index (χ2n) is 6.16. The van der Waals surface area contributed by atoms with E-state index in [1.165, 1.54) is 4.90 Å². The van der Waals surface area contributed by atoms with Crippen LogP contribution in [-0.2, 0) is 4.79 Å². The minimum atomic E-state index is -0.438. The lowest BCUT2D eigenvalue weighted by atomic mass is 10.1. The van der Waals surface area contributed by atoms with Gasteiger partial charge in [-0.1, -0.05) is 12.1 Å². The molecule has 0 spiro atoms. The van der Waals surface area contributed by atoms with Gasteiger partial charge in [0, 0.05) is 37.0 Å². The monoisotopic (exact) mass is 352 g/mol. The summed E-state index contributed by atoms with van der Waals surface area (Å²) in [4.78, 5) is 13.6. The van der Waals surface area contributed by atoms with Crippen molar-refractivity contribution in [1.82, 2.24) is 24.9 Å². The van der Waals surface area contributed by atoms with Gasteiger partial charge in [-0.3, -0.25) is 9.48 Å². The second-order valence-corrected chi connectivity index (χ2v) is 6.16. The predicted molar refractivity (Wildman–Crippen MR) is 98.2 cm³/mol. The van der Waals surface area contributed by atoms with E-state index < -0.39 is 6.04 Å². The van der Waals surface area contributed by atoms with Crippen molar-refractivity contribution in [2.45, 2.75) is 13.0 Å². The van der Waals surface area contributed by atoms with Crippen LogP contribution in [0.15, 0.2) is 42.7 Å². The Morgan fingerprint density at radius 3 is 2.65 bits per heavy atom. The van der Waals surface area contributed by atoms with Gasteiger partial charge in [0.25, 0.3) is 0 Å². The Morgan fingerprint density at radius 2 is 1.96 bits per heavy atom. The number of aromatic hydroxyl groups is 1. The summed E-state index contributed by atoms with van der Waals surface area (Å²) in [7, 11) is 3.40. The summed E-state index contributed by atoms with van der Waals surface area (Å²) < 4.78 is 1.58. The first-order chi connectivity index (χ1) is 12.4. The van der Waals surface area contributed by atoms with Crippen molar-refractivity contribution in [3.8, 4) is 28.1 Å². The molecule has 3 rings (SSSR count). The van der Waals surface area contributed by atoms with Gasteiger partial charge < -0.3 is 15.7 Å². The molecule has 8 heteroatoms. The molecule has 0 aliphatic heterocycles. The number of amides is 1. The van der Waals surface area contributed by atoms with Crippen LogP contribution in [0, 0.1) is 0 Å². The first-order valence-corrected chi connectivity index (χ1v) is 8.05. The molecule has 1 amide bonds. The number of nitrogens with zero attached hydrogens (tertiary/aromatic N) is 5. The van der Waals surface area contributed by atoms with E-state index in [1.807, 2.05) is 0 Å². The zero-order chi connectivity index (χ0) is 18.8. The van der Waals surface area contributed by atoms with Gasteiger partial charge in [-0.25, -0.2) is 0 Å². The Balaban J connectivity index is 1.99. The molecular weight excluding hydrogens is 332 g/mol. The summed E-state index contributed by atoms with van der Waals surface area (Å²) >= 11 is 0. The summed E-state index contributed by atoms with van der Waals surface area (Å²) in [5, 5.41) is 22.4. The molecule has 0 saturated carbocycles. The zero-order valence-electron chi connectivity index (χ0n) is 14.8. The van der Waals surface area contributed by atoms with Crippen molar-refractivity contribution in [2.24, 2.45) is 0 Å². The van der Waals surface area contributed by atoms with E-state index in [0.717, 1.165) is 0 Å². The highest BCUT2D eigenvalue weighted by Crippen LogP contribution is 2.32. The van der Waals surface area contributed by atoms with Gasteiger partial charge in [-0.2, -0.15) is 5.10 Å². The Hall–Kier alpha value is -3.42. The van der Waals surface area contributed by atoms with Crippen molar-refractivity contribution in [3.05, 3.63) is 42.7 Å². The lowest BCUT2D eigenvalue weighted by Gasteiger charge is -2.16. The lowest BCUT2D eigenvalue weighted by molar-refractivity contribution is -0.131. The van der Waals surface area contributed by atoms with Gasteiger partial charge in [-0.15, -0.1) is 10.2 Å². The van der Waals surface area contributed by atoms with Gasteiger partial charge in [-0.05, 0) is 25.1 Å². The predicted octanol–water partition coefficient (Wildman–Crippen LogP) is 1.94. The average molecular weight is 352 g/mol. The molecule has 1 aromatic carbocycles. The summed E-state index contributed by atoms with van der Waals surface area (Å²) in [6.07, 6.45) is 3.37. The first-order valence-electron chi connectivity index (χ1n) is 8.05. The SMILES string of the molecule is CC(C(=O)N(C)C)n1cc(-c2cc(-c3ccccc3O)nnc2N)cn1. The number of nitrogens with two attached hydrogens (primary N) is 1. The number of carbonyl (C=O) groups excluding carboxylic acids is 1. The Labute approximate surface area is 150 Å². The molecule has 1 unspecified atom stereocenters. The van der Waals surface area contributed by atoms with Crippen molar-refractivity contribution in [3.63, 3.8) is 0 Å². The van der Waals surface area contributed by atoms with E-state index >= 15 is 0 Å². The van der Waals surface area contributed by atoms with Crippen LogP contribution in [0.4, 0.5) is 5.82 Å². The Morgan fingerprint density at radius 1 is 1.23 bits per heavy atom. The molecule has 134 valence electrons. The zero-order valence-corrected chi connectivity index (χ0v) is 14.8. The fourth-order valence-electron chi connectivity index (χ4n) is 2.63. The van der Waals surface area contributed by atoms with Crippen LogP contribution in [0.2, 0.25) is 0 Å². The van der Waals surface area contributed by atoms with Crippen molar-refractivity contribution in [1.29, 1.82) is 0 Å². The number of phenols is 1. The number of benzene rings is 1. The number of rotatable bonds is 4. The fraction of sp³-hybridized carbons (Fsp3) is 0.222. The number of likely N-dealkylation sites (N-methyl/N-ethyl adjacent to an activating group) is 1. The molecule has 0 bridgehead atoms. The second kappa shape index (κ2) is 6.83. The maximum absolute atomic E-state index is 12.1. The molecule has 3 N–H and O–H groups in total. The first kappa shape index (κ1) is 17.4. The van der Waals surface area contributed by atoms with Gasteiger partial charge in [0.1, 0.15) is 11.8 Å². The number of hydrogen-bond donors (Lipinski definition) is 2. The smallest absolute Gasteiger partial charge is 0.246 e. The summed E-state index contributed by atoms with van der Waals surface area (Å²) in [6, 6.07) is 8.18. The largest absolute Gasteiger partial charge is 0.507 e. The molecule has 0 radical (unpaired) electrons. The van der Waals surface area contributed by atoms with Gasteiger partial charge in [0.05, 0.1) is 11.9 Å². The van der Waals surface area contributed by atoms with E-state index in [9.17, 15) is 9.90 Å². The van der Waals surface area contributed by atoms with Crippen LogP contribution in [-0.4, -0.2) is 50.0 Å². The maximum Gasteiger partial charge on any atom is 0.246 e. The topological polar surface area (TPSA) is 110 Å². The lowest BCUT2D eigenvalue weighted by Crippen LogP contribution is -2.30. The molecule has 2 aromatic heterocycles. The average Bonchev–Trinajstić information content (AvgIpc) is 3.11. The Kier molecular flexibility index (Phi) is 4.57. The highest BCUT2D eigenvalue weighted by Gasteiger charge is 2.19. The van der Waals surface area contributed by atoms with E-state index in [0.29, 0.717) is 22.4 Å². The molecular formula is C18H20N6O2. The standard InChI is InChI=1S/C18H20N6O2/c1-11(18(26)23(2)3)24-10-12(9-20-24)14-8-15(21-22-17(14)19)13-6-4-5-7-16(13)25/h4-11,25H,1-3H3,(H2,19,22). The molecule has 26 heavy (non-hydrogen) atoms. The number of aromatic nitrogens is 4. The van der Waals surface area contributed by atoms with Crippen LogP contribution in [0.5, 0.6) is 5.75 Å². The van der Waals surface area contributed by atoms with Crippen LogP contribution in [0.3, 0.4) is 0 Å². The third-order valence-electron chi connectivity index (χ3n) is 4.11. The minimum Gasteiger partial charge on any atom is -0.507 e. The number of hydrogen-bond acceptors (Lipinski definition) is 6. The van der Waals surface area contributed by atoms with Crippen LogP contribution < -0.4 is 5.73 Å².